The first-order valence-corrected chi connectivity index (χ1v) is 10.6. The Morgan fingerprint density at radius 1 is 1.03 bits per heavy atom. The van der Waals surface area contributed by atoms with E-state index < -0.39 is 4.92 Å². The normalized spacial score (nSPS) is 11.1. The Hall–Kier alpha value is -3.49. The van der Waals surface area contributed by atoms with Crippen LogP contribution in [0.15, 0.2) is 93.8 Å². The minimum absolute atomic E-state index is 0.00204. The molecule has 0 spiro atoms. The van der Waals surface area contributed by atoms with Gasteiger partial charge in [-0.15, -0.1) is 11.3 Å². The van der Waals surface area contributed by atoms with Gasteiger partial charge >= 0.3 is 0 Å². The van der Waals surface area contributed by atoms with Gasteiger partial charge in [0.05, 0.1) is 16.0 Å². The Morgan fingerprint density at radius 2 is 1.80 bits per heavy atom. The Morgan fingerprint density at radius 3 is 2.60 bits per heavy atom. The van der Waals surface area contributed by atoms with E-state index in [4.69, 9.17) is 0 Å². The van der Waals surface area contributed by atoms with E-state index in [0.29, 0.717) is 10.3 Å². The molecule has 3 aromatic carbocycles. The molecule has 0 fully saturated rings. The number of carbonyl (C=O) groups excluding carboxylic acids is 1. The van der Waals surface area contributed by atoms with Crippen molar-refractivity contribution >= 4 is 51.0 Å². The van der Waals surface area contributed by atoms with Crippen molar-refractivity contribution in [2.24, 2.45) is 5.10 Å². The summed E-state index contributed by atoms with van der Waals surface area (Å²) in [5.74, 6) is -0.358. The van der Waals surface area contributed by atoms with Gasteiger partial charge in [0.15, 0.2) is 0 Å². The van der Waals surface area contributed by atoms with Crippen LogP contribution in [-0.2, 0) is 0 Å². The predicted octanol–water partition coefficient (Wildman–Crippen LogP) is 5.72. The predicted molar refractivity (Wildman–Crippen MR) is 121 cm³/mol. The van der Waals surface area contributed by atoms with Gasteiger partial charge in [0.1, 0.15) is 0 Å². The van der Waals surface area contributed by atoms with Gasteiger partial charge in [0.2, 0.25) is 0 Å². The summed E-state index contributed by atoms with van der Waals surface area (Å²) in [5, 5.41) is 15.7. The lowest BCUT2D eigenvalue weighted by molar-refractivity contribution is -0.384. The summed E-state index contributed by atoms with van der Waals surface area (Å²) in [6.45, 7) is 0. The molecule has 4 aromatic rings. The van der Waals surface area contributed by atoms with Gasteiger partial charge in [-0.05, 0) is 30.3 Å². The molecule has 148 valence electrons. The number of carbonyl (C=O) groups is 1. The fraction of sp³-hybridized carbons (Fsp3) is 0. The zero-order valence-electron chi connectivity index (χ0n) is 15.5. The lowest BCUT2D eigenvalue weighted by Crippen LogP contribution is -2.16. The van der Waals surface area contributed by atoms with Gasteiger partial charge < -0.3 is 0 Å². The highest BCUT2D eigenvalue weighted by molar-refractivity contribution is 7.99. The van der Waals surface area contributed by atoms with Gasteiger partial charge in [-0.1, -0.05) is 48.2 Å². The third kappa shape index (κ3) is 4.56. The van der Waals surface area contributed by atoms with Crippen molar-refractivity contribution in [2.45, 2.75) is 9.79 Å². The number of fused-ring (bicyclic) bond motifs is 1. The zero-order chi connectivity index (χ0) is 20.9. The van der Waals surface area contributed by atoms with E-state index in [1.165, 1.54) is 23.5 Å². The van der Waals surface area contributed by atoms with Gasteiger partial charge in [0.25, 0.3) is 11.6 Å². The third-order valence-corrected chi connectivity index (χ3v) is 6.41. The first-order valence-electron chi connectivity index (χ1n) is 8.93. The summed E-state index contributed by atoms with van der Waals surface area (Å²) in [5.41, 5.74) is 3.42. The van der Waals surface area contributed by atoms with E-state index in [0.717, 1.165) is 20.1 Å². The van der Waals surface area contributed by atoms with Crippen LogP contribution < -0.4 is 5.43 Å². The maximum atomic E-state index is 12.4. The van der Waals surface area contributed by atoms with E-state index in [1.807, 2.05) is 54.6 Å². The smallest absolute Gasteiger partial charge is 0.266 e. The molecule has 8 heteroatoms. The number of nitro groups is 1. The molecule has 0 bridgehead atoms. The maximum absolute atomic E-state index is 12.4. The highest BCUT2D eigenvalue weighted by Gasteiger charge is 2.13. The minimum Gasteiger partial charge on any atom is -0.266 e. The largest absolute Gasteiger partial charge is 0.281 e. The van der Waals surface area contributed by atoms with E-state index >= 15 is 0 Å². The van der Waals surface area contributed by atoms with Crippen molar-refractivity contribution in [1.82, 2.24) is 5.43 Å². The Kier molecular flexibility index (Phi) is 5.87. The molecule has 0 saturated heterocycles. The molecule has 0 saturated carbocycles. The molecule has 1 N–H and O–H groups in total. The number of rotatable bonds is 6. The van der Waals surface area contributed by atoms with Crippen LogP contribution in [0.5, 0.6) is 0 Å². The molecule has 4 rings (SSSR count). The quantitative estimate of drug-likeness (QED) is 0.239. The van der Waals surface area contributed by atoms with E-state index in [9.17, 15) is 14.9 Å². The average Bonchev–Trinajstić information content (AvgIpc) is 3.19. The van der Waals surface area contributed by atoms with E-state index in [-0.39, 0.29) is 11.6 Å². The number of non-ortho nitro benzene ring substituents is 1. The fourth-order valence-electron chi connectivity index (χ4n) is 2.77. The van der Waals surface area contributed by atoms with Crippen molar-refractivity contribution < 1.29 is 9.72 Å². The van der Waals surface area contributed by atoms with Gasteiger partial charge in [-0.3, -0.25) is 14.9 Å². The van der Waals surface area contributed by atoms with Crippen molar-refractivity contribution in [3.05, 3.63) is 99.4 Å². The Balaban J connectivity index is 1.48. The van der Waals surface area contributed by atoms with Crippen LogP contribution in [-0.4, -0.2) is 17.0 Å². The van der Waals surface area contributed by atoms with Crippen molar-refractivity contribution in [3.63, 3.8) is 0 Å². The molecule has 0 radical (unpaired) electrons. The van der Waals surface area contributed by atoms with Crippen LogP contribution >= 0.6 is 23.1 Å². The lowest BCUT2D eigenvalue weighted by atomic mass is 10.2. The number of nitrogens with one attached hydrogen (secondary N) is 1. The Bertz CT molecular complexity index is 1250. The van der Waals surface area contributed by atoms with Crippen LogP contribution in [0.1, 0.15) is 15.2 Å². The number of thiophene rings is 1. The molecule has 1 amide bonds. The summed E-state index contributed by atoms with van der Waals surface area (Å²) in [6.07, 6.45) is 1.61. The van der Waals surface area contributed by atoms with Crippen LogP contribution in [0, 0.1) is 10.1 Å². The molecule has 0 aliphatic rings. The van der Waals surface area contributed by atoms with Gasteiger partial charge in [-0.25, -0.2) is 5.43 Å². The minimum atomic E-state index is -0.452. The second-order valence-electron chi connectivity index (χ2n) is 6.24. The lowest BCUT2D eigenvalue weighted by Gasteiger charge is -2.05. The highest BCUT2D eigenvalue weighted by atomic mass is 32.2. The maximum Gasteiger partial charge on any atom is 0.281 e. The van der Waals surface area contributed by atoms with Crippen LogP contribution in [0.25, 0.3) is 10.1 Å². The summed E-state index contributed by atoms with van der Waals surface area (Å²) in [6, 6.07) is 24.0. The number of amides is 1. The fourth-order valence-corrected chi connectivity index (χ4v) is 4.63. The molecule has 0 unspecified atom stereocenters. The average molecular weight is 434 g/mol. The molecular formula is C22H15N3O3S2. The number of nitro benzene ring substituents is 1. The summed E-state index contributed by atoms with van der Waals surface area (Å²) in [7, 11) is 0. The van der Waals surface area contributed by atoms with E-state index in [2.05, 4.69) is 10.5 Å². The second-order valence-corrected chi connectivity index (χ2v) is 8.44. The van der Waals surface area contributed by atoms with Crippen LogP contribution in [0.4, 0.5) is 5.69 Å². The zero-order valence-corrected chi connectivity index (χ0v) is 17.2. The molecule has 6 nitrogen and oxygen atoms in total. The molecule has 1 heterocycles. The van der Waals surface area contributed by atoms with Crippen molar-refractivity contribution in [3.8, 4) is 0 Å². The first kappa shape index (κ1) is 19.8. The number of hydrazone groups is 1. The topological polar surface area (TPSA) is 84.6 Å². The Labute approximate surface area is 180 Å². The number of nitrogens with zero attached hydrogens (tertiary/aromatic N) is 2. The van der Waals surface area contributed by atoms with Crippen LogP contribution in [0.2, 0.25) is 0 Å². The molecule has 30 heavy (non-hydrogen) atoms. The standard InChI is InChI=1S/C22H15N3O3S2/c26-22(21-13-16-12-17(25(27)28)10-11-20(16)30-21)24-23-14-15-6-4-5-9-19(15)29-18-7-2-1-3-8-18/h1-14H,(H,24,26)/b23-14+. The van der Waals surface area contributed by atoms with Gasteiger partial charge in [-0.2, -0.15) is 5.10 Å². The summed E-state index contributed by atoms with van der Waals surface area (Å²) >= 11 is 2.88. The monoisotopic (exact) mass is 433 g/mol. The summed E-state index contributed by atoms with van der Waals surface area (Å²) < 4.78 is 0.805. The third-order valence-electron chi connectivity index (χ3n) is 4.19. The number of hydrogen-bond acceptors (Lipinski definition) is 6. The highest BCUT2D eigenvalue weighted by Crippen LogP contribution is 2.30. The molecule has 0 aliphatic carbocycles. The van der Waals surface area contributed by atoms with E-state index in [1.54, 1.807) is 30.1 Å². The van der Waals surface area contributed by atoms with Crippen molar-refractivity contribution in [1.29, 1.82) is 0 Å². The SMILES string of the molecule is O=C(N/N=C/c1ccccc1Sc1ccccc1)c1cc2cc([N+](=O)[O-])ccc2s1. The second kappa shape index (κ2) is 8.89. The van der Waals surface area contributed by atoms with Crippen molar-refractivity contribution in [2.75, 3.05) is 0 Å². The number of benzene rings is 3. The summed E-state index contributed by atoms with van der Waals surface area (Å²) in [4.78, 5) is 25.5. The number of hydrogen-bond donors (Lipinski definition) is 1. The first-order chi connectivity index (χ1) is 14.6. The molecule has 0 atom stereocenters. The molecule has 1 aromatic heterocycles. The molecule has 0 aliphatic heterocycles. The van der Waals surface area contributed by atoms with Crippen LogP contribution in [0.3, 0.4) is 0 Å². The van der Waals surface area contributed by atoms with Gasteiger partial charge in [0, 0.05) is 37.6 Å². The molecular weight excluding hydrogens is 418 g/mol.